The van der Waals surface area contributed by atoms with Gasteiger partial charge in [0.05, 0.1) is 0 Å². The molecule has 7 heteroatoms. The summed E-state index contributed by atoms with van der Waals surface area (Å²) in [4.78, 5) is 26.2. The topological polar surface area (TPSA) is 88.1 Å². The Kier molecular flexibility index (Phi) is 4.12. The van der Waals surface area contributed by atoms with Crippen LogP contribution in [0.2, 0.25) is 0 Å². The molecule has 2 N–H and O–H groups in total. The zero-order chi connectivity index (χ0) is 16.4. The molecule has 0 aliphatic carbocycles. The van der Waals surface area contributed by atoms with Crippen molar-refractivity contribution >= 4 is 11.9 Å². The molecule has 124 valence electrons. The van der Waals surface area contributed by atoms with E-state index in [4.69, 9.17) is 14.6 Å². The molecule has 0 radical (unpaired) electrons. The van der Waals surface area contributed by atoms with Gasteiger partial charge in [-0.3, -0.25) is 9.69 Å². The molecule has 1 saturated heterocycles. The van der Waals surface area contributed by atoms with Crippen LogP contribution in [0.15, 0.2) is 18.2 Å². The Hall–Kier alpha value is -2.28. The minimum atomic E-state index is -1.09. The maximum Gasteiger partial charge on any atom is 0.325 e. The molecule has 1 aromatic carbocycles. The fourth-order valence-corrected chi connectivity index (χ4v) is 3.01. The van der Waals surface area contributed by atoms with Gasteiger partial charge in [0.2, 0.25) is 0 Å². The van der Waals surface area contributed by atoms with Gasteiger partial charge in [0.1, 0.15) is 18.8 Å². The highest BCUT2D eigenvalue weighted by Crippen LogP contribution is 2.38. The number of ether oxygens (including phenoxy) is 2. The van der Waals surface area contributed by atoms with E-state index in [2.05, 4.69) is 5.32 Å². The van der Waals surface area contributed by atoms with Crippen molar-refractivity contribution in [3.05, 3.63) is 23.8 Å². The van der Waals surface area contributed by atoms with Crippen LogP contribution in [-0.2, 0) is 10.3 Å². The second-order valence-electron chi connectivity index (χ2n) is 5.58. The standard InChI is InChI=1S/C16H20N2O5/c1-2-16(14(20)18(6-3-7-19)15(21)17-16)11-4-5-12-13(10-11)23-9-8-22-12/h4-5,10,19H,2-3,6-9H2,1H3,(H,17,21). The highest BCUT2D eigenvalue weighted by molar-refractivity contribution is 6.07. The summed E-state index contributed by atoms with van der Waals surface area (Å²) in [5.41, 5.74) is -0.420. The van der Waals surface area contributed by atoms with Crippen LogP contribution in [0, 0.1) is 0 Å². The number of rotatable bonds is 5. The molecule has 3 amide bonds. The number of nitrogens with zero attached hydrogens (tertiary/aromatic N) is 1. The number of aliphatic hydroxyl groups is 1. The van der Waals surface area contributed by atoms with Gasteiger partial charge >= 0.3 is 6.03 Å². The first-order valence-corrected chi connectivity index (χ1v) is 7.77. The van der Waals surface area contributed by atoms with Crippen LogP contribution in [0.3, 0.4) is 0 Å². The molecule has 0 spiro atoms. The predicted molar refractivity (Wildman–Crippen MR) is 81.3 cm³/mol. The molecule has 0 saturated carbocycles. The van der Waals surface area contributed by atoms with Crippen LogP contribution >= 0.6 is 0 Å². The third-order valence-corrected chi connectivity index (χ3v) is 4.28. The molecule has 2 aliphatic rings. The van der Waals surface area contributed by atoms with Crippen molar-refractivity contribution in [1.82, 2.24) is 10.2 Å². The molecule has 1 fully saturated rings. The maximum atomic E-state index is 12.8. The number of hydrogen-bond donors (Lipinski definition) is 2. The molecule has 3 rings (SSSR count). The molecular weight excluding hydrogens is 300 g/mol. The Morgan fingerprint density at radius 2 is 2.00 bits per heavy atom. The number of nitrogens with one attached hydrogen (secondary N) is 1. The number of urea groups is 1. The lowest BCUT2D eigenvalue weighted by molar-refractivity contribution is -0.131. The van der Waals surface area contributed by atoms with Crippen LogP contribution in [0.1, 0.15) is 25.3 Å². The van der Waals surface area contributed by atoms with Crippen molar-refractivity contribution in [2.24, 2.45) is 0 Å². The van der Waals surface area contributed by atoms with Crippen molar-refractivity contribution in [3.63, 3.8) is 0 Å². The van der Waals surface area contributed by atoms with Gasteiger partial charge in [-0.2, -0.15) is 0 Å². The fourth-order valence-electron chi connectivity index (χ4n) is 3.01. The molecule has 1 atom stereocenters. The van der Waals surface area contributed by atoms with E-state index in [1.165, 1.54) is 0 Å². The fraction of sp³-hybridized carbons (Fsp3) is 0.500. The van der Waals surface area contributed by atoms with E-state index in [-0.39, 0.29) is 19.1 Å². The SMILES string of the molecule is CCC1(c2ccc3c(c2)OCCO3)NC(=O)N(CCCO)C1=O. The Morgan fingerprint density at radius 3 is 2.70 bits per heavy atom. The minimum Gasteiger partial charge on any atom is -0.486 e. The molecule has 7 nitrogen and oxygen atoms in total. The Labute approximate surface area is 134 Å². The maximum absolute atomic E-state index is 12.8. The molecule has 2 aliphatic heterocycles. The number of carbonyl (C=O) groups is 2. The number of carbonyl (C=O) groups excluding carboxylic acids is 2. The van der Waals surface area contributed by atoms with E-state index in [9.17, 15) is 9.59 Å². The first-order valence-electron chi connectivity index (χ1n) is 7.77. The quantitative estimate of drug-likeness (QED) is 0.790. The van der Waals surface area contributed by atoms with Gasteiger partial charge in [0, 0.05) is 13.2 Å². The molecule has 1 unspecified atom stereocenters. The van der Waals surface area contributed by atoms with Crippen LogP contribution in [0.25, 0.3) is 0 Å². The Morgan fingerprint density at radius 1 is 1.26 bits per heavy atom. The Balaban J connectivity index is 1.95. The average molecular weight is 320 g/mol. The van der Waals surface area contributed by atoms with Crippen LogP contribution in [-0.4, -0.2) is 48.3 Å². The summed E-state index contributed by atoms with van der Waals surface area (Å²) in [5.74, 6) is 0.924. The summed E-state index contributed by atoms with van der Waals surface area (Å²) >= 11 is 0. The van der Waals surface area contributed by atoms with Crippen LogP contribution in [0.5, 0.6) is 11.5 Å². The van der Waals surface area contributed by atoms with Gasteiger partial charge in [0.15, 0.2) is 11.5 Å². The molecule has 1 aromatic rings. The lowest BCUT2D eigenvalue weighted by Crippen LogP contribution is -2.43. The summed E-state index contributed by atoms with van der Waals surface area (Å²) < 4.78 is 11.1. The van der Waals surface area contributed by atoms with Gasteiger partial charge in [-0.1, -0.05) is 13.0 Å². The number of hydrogen-bond acceptors (Lipinski definition) is 5. The predicted octanol–water partition coefficient (Wildman–Crippen LogP) is 0.997. The zero-order valence-electron chi connectivity index (χ0n) is 13.0. The number of amides is 3. The summed E-state index contributed by atoms with van der Waals surface area (Å²) in [6, 6.07) is 4.87. The minimum absolute atomic E-state index is 0.0692. The summed E-state index contributed by atoms with van der Waals surface area (Å²) in [7, 11) is 0. The van der Waals surface area contributed by atoms with Crippen LogP contribution in [0.4, 0.5) is 4.79 Å². The van der Waals surface area contributed by atoms with E-state index >= 15 is 0 Å². The second kappa shape index (κ2) is 6.08. The van der Waals surface area contributed by atoms with E-state index < -0.39 is 11.6 Å². The number of aliphatic hydroxyl groups excluding tert-OH is 1. The largest absolute Gasteiger partial charge is 0.486 e. The third-order valence-electron chi connectivity index (χ3n) is 4.28. The lowest BCUT2D eigenvalue weighted by Gasteiger charge is -2.27. The Bertz CT molecular complexity index is 633. The van der Waals surface area contributed by atoms with E-state index in [0.717, 1.165) is 4.90 Å². The number of fused-ring (bicyclic) bond motifs is 1. The number of imide groups is 1. The monoisotopic (exact) mass is 320 g/mol. The van der Waals surface area contributed by atoms with Crippen molar-refractivity contribution in [1.29, 1.82) is 0 Å². The van der Waals surface area contributed by atoms with Crippen molar-refractivity contribution in [2.45, 2.75) is 25.3 Å². The van der Waals surface area contributed by atoms with E-state index in [1.807, 2.05) is 6.92 Å². The molecular formula is C16H20N2O5. The number of benzene rings is 1. The average Bonchev–Trinajstić information content (AvgIpc) is 2.83. The molecule has 2 heterocycles. The van der Waals surface area contributed by atoms with Crippen molar-refractivity contribution in [3.8, 4) is 11.5 Å². The van der Waals surface area contributed by atoms with Gasteiger partial charge < -0.3 is 19.9 Å². The van der Waals surface area contributed by atoms with Crippen molar-refractivity contribution < 1.29 is 24.2 Å². The molecule has 0 bridgehead atoms. The van der Waals surface area contributed by atoms with E-state index in [1.54, 1.807) is 18.2 Å². The summed E-state index contributed by atoms with van der Waals surface area (Å²) in [6.07, 6.45) is 0.785. The summed E-state index contributed by atoms with van der Waals surface area (Å²) in [5, 5.41) is 11.7. The van der Waals surface area contributed by atoms with Crippen molar-refractivity contribution in [2.75, 3.05) is 26.4 Å². The smallest absolute Gasteiger partial charge is 0.325 e. The first kappa shape index (κ1) is 15.6. The van der Waals surface area contributed by atoms with E-state index in [0.29, 0.717) is 43.1 Å². The highest BCUT2D eigenvalue weighted by Gasteiger charge is 2.51. The van der Waals surface area contributed by atoms with Crippen LogP contribution < -0.4 is 14.8 Å². The first-order chi connectivity index (χ1) is 11.1. The zero-order valence-corrected chi connectivity index (χ0v) is 13.0. The second-order valence-corrected chi connectivity index (χ2v) is 5.58. The third kappa shape index (κ3) is 2.50. The van der Waals surface area contributed by atoms with Gasteiger partial charge in [0.25, 0.3) is 5.91 Å². The lowest BCUT2D eigenvalue weighted by atomic mass is 9.87. The molecule has 0 aromatic heterocycles. The normalized spacial score (nSPS) is 23.1. The van der Waals surface area contributed by atoms with Gasteiger partial charge in [-0.15, -0.1) is 0 Å². The van der Waals surface area contributed by atoms with Gasteiger partial charge in [-0.05, 0) is 30.5 Å². The molecule has 23 heavy (non-hydrogen) atoms. The van der Waals surface area contributed by atoms with Gasteiger partial charge in [-0.25, -0.2) is 4.79 Å². The highest BCUT2D eigenvalue weighted by atomic mass is 16.6. The summed E-state index contributed by atoms with van der Waals surface area (Å²) in [6.45, 7) is 2.94.